The van der Waals surface area contributed by atoms with Gasteiger partial charge in [-0.05, 0) is 34.0 Å². The van der Waals surface area contributed by atoms with Gasteiger partial charge in [0.2, 0.25) is 5.91 Å². The van der Waals surface area contributed by atoms with Crippen LogP contribution in [0.15, 0.2) is 89.8 Å². The van der Waals surface area contributed by atoms with E-state index in [0.717, 1.165) is 38.4 Å². The second-order valence-electron chi connectivity index (χ2n) is 7.35. The molecular formula is C25H21N3O2. The van der Waals surface area contributed by atoms with Crippen LogP contribution in [-0.4, -0.2) is 15.7 Å². The molecule has 0 aliphatic carbocycles. The van der Waals surface area contributed by atoms with E-state index >= 15 is 0 Å². The molecule has 148 valence electrons. The van der Waals surface area contributed by atoms with Crippen molar-refractivity contribution in [2.75, 3.05) is 0 Å². The second kappa shape index (κ2) is 7.87. The van der Waals surface area contributed by atoms with Gasteiger partial charge in [-0.3, -0.25) is 9.48 Å². The third-order valence-electron chi connectivity index (χ3n) is 5.38. The summed E-state index contributed by atoms with van der Waals surface area (Å²) < 4.78 is 7.59. The molecule has 0 saturated carbocycles. The topological polar surface area (TPSA) is 60.1 Å². The molecule has 1 amide bonds. The highest BCUT2D eigenvalue weighted by atomic mass is 16.3. The van der Waals surface area contributed by atoms with Gasteiger partial charge < -0.3 is 9.73 Å². The Bertz CT molecular complexity index is 1320. The van der Waals surface area contributed by atoms with Gasteiger partial charge in [-0.2, -0.15) is 5.10 Å². The SMILES string of the molecule is O=C(Cc1coc2ccc3ccccc3c12)NCc1ccccc1Cn1cccn1. The van der Waals surface area contributed by atoms with Gasteiger partial charge in [0.05, 0.1) is 19.2 Å². The van der Waals surface area contributed by atoms with Gasteiger partial charge in [0.25, 0.3) is 0 Å². The van der Waals surface area contributed by atoms with E-state index in [1.54, 1.807) is 12.5 Å². The normalized spacial score (nSPS) is 11.2. The van der Waals surface area contributed by atoms with E-state index < -0.39 is 0 Å². The second-order valence-corrected chi connectivity index (χ2v) is 7.35. The van der Waals surface area contributed by atoms with Crippen LogP contribution in [0.2, 0.25) is 0 Å². The highest BCUT2D eigenvalue weighted by Gasteiger charge is 2.13. The fourth-order valence-corrected chi connectivity index (χ4v) is 3.89. The first-order valence-corrected chi connectivity index (χ1v) is 9.97. The Labute approximate surface area is 173 Å². The van der Waals surface area contributed by atoms with E-state index in [2.05, 4.69) is 28.6 Å². The van der Waals surface area contributed by atoms with E-state index in [0.29, 0.717) is 13.1 Å². The van der Waals surface area contributed by atoms with Gasteiger partial charge >= 0.3 is 0 Å². The van der Waals surface area contributed by atoms with E-state index in [9.17, 15) is 4.79 Å². The van der Waals surface area contributed by atoms with Crippen LogP contribution in [0.5, 0.6) is 0 Å². The Morgan fingerprint density at radius 2 is 1.77 bits per heavy atom. The first-order valence-electron chi connectivity index (χ1n) is 9.97. The molecule has 3 aromatic carbocycles. The Kier molecular flexibility index (Phi) is 4.77. The van der Waals surface area contributed by atoms with Crippen LogP contribution in [0, 0.1) is 0 Å². The number of hydrogen-bond donors (Lipinski definition) is 1. The van der Waals surface area contributed by atoms with Gasteiger partial charge in [-0.15, -0.1) is 0 Å². The van der Waals surface area contributed by atoms with Gasteiger partial charge in [0.15, 0.2) is 0 Å². The lowest BCUT2D eigenvalue weighted by molar-refractivity contribution is -0.120. The average Bonchev–Trinajstić information content (AvgIpc) is 3.43. The van der Waals surface area contributed by atoms with Crippen LogP contribution >= 0.6 is 0 Å². The summed E-state index contributed by atoms with van der Waals surface area (Å²) in [6.07, 6.45) is 5.68. The molecule has 0 aliphatic heterocycles. The lowest BCUT2D eigenvalue weighted by Gasteiger charge is -2.11. The zero-order valence-electron chi connectivity index (χ0n) is 16.4. The van der Waals surface area contributed by atoms with Crippen molar-refractivity contribution in [2.24, 2.45) is 0 Å². The molecule has 5 heteroatoms. The van der Waals surface area contributed by atoms with Crippen molar-refractivity contribution < 1.29 is 9.21 Å². The lowest BCUT2D eigenvalue weighted by Crippen LogP contribution is -2.25. The summed E-state index contributed by atoms with van der Waals surface area (Å²) in [7, 11) is 0. The molecule has 2 aromatic heterocycles. The minimum absolute atomic E-state index is 0.0282. The maximum Gasteiger partial charge on any atom is 0.224 e. The number of rotatable bonds is 6. The quantitative estimate of drug-likeness (QED) is 0.454. The Morgan fingerprint density at radius 3 is 2.63 bits per heavy atom. The molecule has 30 heavy (non-hydrogen) atoms. The smallest absolute Gasteiger partial charge is 0.224 e. The molecule has 0 aliphatic rings. The van der Waals surface area contributed by atoms with Crippen molar-refractivity contribution in [1.82, 2.24) is 15.1 Å². The van der Waals surface area contributed by atoms with Crippen LogP contribution in [0.4, 0.5) is 0 Å². The molecule has 0 unspecified atom stereocenters. The Balaban J connectivity index is 1.33. The maximum absolute atomic E-state index is 12.7. The average molecular weight is 395 g/mol. The third-order valence-corrected chi connectivity index (χ3v) is 5.38. The summed E-state index contributed by atoms with van der Waals surface area (Å²) in [5, 5.41) is 10.6. The largest absolute Gasteiger partial charge is 0.464 e. The van der Waals surface area contributed by atoms with Gasteiger partial charge in [0.1, 0.15) is 5.58 Å². The van der Waals surface area contributed by atoms with E-state index in [4.69, 9.17) is 4.42 Å². The van der Waals surface area contributed by atoms with Gasteiger partial charge in [-0.1, -0.05) is 54.6 Å². The van der Waals surface area contributed by atoms with Crippen molar-refractivity contribution in [3.63, 3.8) is 0 Å². The molecule has 0 saturated heterocycles. The van der Waals surface area contributed by atoms with Crippen LogP contribution < -0.4 is 5.32 Å². The Hall–Kier alpha value is -3.86. The first-order chi connectivity index (χ1) is 14.8. The molecule has 0 bridgehead atoms. The minimum Gasteiger partial charge on any atom is -0.464 e. The van der Waals surface area contributed by atoms with Gasteiger partial charge in [-0.25, -0.2) is 0 Å². The number of fused-ring (bicyclic) bond motifs is 3. The molecule has 5 rings (SSSR count). The van der Waals surface area contributed by atoms with Crippen LogP contribution in [0.1, 0.15) is 16.7 Å². The summed E-state index contributed by atoms with van der Waals surface area (Å²) in [6.45, 7) is 1.16. The number of amides is 1. The fourth-order valence-electron chi connectivity index (χ4n) is 3.89. The lowest BCUT2D eigenvalue weighted by atomic mass is 10.0. The summed E-state index contributed by atoms with van der Waals surface area (Å²) in [6, 6.07) is 22.2. The summed E-state index contributed by atoms with van der Waals surface area (Å²) in [5.41, 5.74) is 3.94. The molecule has 2 heterocycles. The highest BCUT2D eigenvalue weighted by Crippen LogP contribution is 2.30. The fraction of sp³-hybridized carbons (Fsp3) is 0.120. The number of carbonyl (C=O) groups is 1. The molecule has 1 N–H and O–H groups in total. The van der Waals surface area contributed by atoms with Crippen LogP contribution in [0.3, 0.4) is 0 Å². The minimum atomic E-state index is -0.0282. The van der Waals surface area contributed by atoms with Crippen molar-refractivity contribution in [3.8, 4) is 0 Å². The number of nitrogens with zero attached hydrogens (tertiary/aromatic N) is 2. The summed E-state index contributed by atoms with van der Waals surface area (Å²) >= 11 is 0. The monoisotopic (exact) mass is 395 g/mol. The number of nitrogens with one attached hydrogen (secondary N) is 1. The van der Waals surface area contributed by atoms with Gasteiger partial charge in [0, 0.05) is 29.9 Å². The zero-order valence-corrected chi connectivity index (χ0v) is 16.4. The molecule has 0 atom stereocenters. The van der Waals surface area contributed by atoms with E-state index in [1.165, 1.54) is 0 Å². The molecule has 0 fully saturated rings. The van der Waals surface area contributed by atoms with Crippen molar-refractivity contribution in [2.45, 2.75) is 19.5 Å². The Morgan fingerprint density at radius 1 is 0.933 bits per heavy atom. The van der Waals surface area contributed by atoms with Crippen LogP contribution in [-0.2, 0) is 24.3 Å². The zero-order chi connectivity index (χ0) is 20.3. The number of aromatic nitrogens is 2. The van der Waals surface area contributed by atoms with Crippen molar-refractivity contribution in [3.05, 3.63) is 102 Å². The van der Waals surface area contributed by atoms with E-state index in [-0.39, 0.29) is 12.3 Å². The number of furan rings is 1. The van der Waals surface area contributed by atoms with Crippen molar-refractivity contribution >= 4 is 27.6 Å². The maximum atomic E-state index is 12.7. The van der Waals surface area contributed by atoms with E-state index in [1.807, 2.05) is 59.4 Å². The third kappa shape index (κ3) is 3.57. The predicted octanol–water partition coefficient (Wildman–Crippen LogP) is 4.69. The molecule has 5 aromatic rings. The highest BCUT2D eigenvalue weighted by molar-refractivity contribution is 6.08. The number of hydrogen-bond acceptors (Lipinski definition) is 3. The predicted molar refractivity (Wildman–Crippen MR) is 117 cm³/mol. The summed E-state index contributed by atoms with van der Waals surface area (Å²) in [5.74, 6) is -0.0282. The molecule has 0 radical (unpaired) electrons. The van der Waals surface area contributed by atoms with Crippen LogP contribution in [0.25, 0.3) is 21.7 Å². The number of carbonyl (C=O) groups excluding carboxylic acids is 1. The molecular weight excluding hydrogens is 374 g/mol. The first kappa shape index (κ1) is 18.2. The number of benzene rings is 3. The van der Waals surface area contributed by atoms with Crippen molar-refractivity contribution in [1.29, 1.82) is 0 Å². The molecule has 0 spiro atoms. The standard InChI is InChI=1S/C25H21N3O2/c29-24(26-15-19-7-1-2-8-20(19)16-28-13-5-12-27-28)14-21-17-30-23-11-10-18-6-3-4-9-22(18)25(21)23/h1-13,17H,14-16H2,(H,26,29). The summed E-state index contributed by atoms with van der Waals surface area (Å²) in [4.78, 5) is 12.7. The molecule has 5 nitrogen and oxygen atoms in total.